The SMILES string of the molecule is CC(C)c1ccc(-c2[c-]cccc2)nc1.Cc1ccnc(-c2[c-]ccc3c2oc2c([Si](C)(C)C)cccc23)c1.[Ir]. The van der Waals surface area contributed by atoms with Gasteiger partial charge in [-0.3, -0.25) is 0 Å². The molecule has 0 atom stereocenters. The predicted octanol–water partition coefficient (Wildman–Crippen LogP) is 8.97. The van der Waals surface area contributed by atoms with Gasteiger partial charge >= 0.3 is 0 Å². The number of aryl methyl sites for hydroxylation is 1. The molecule has 0 unspecified atom stereocenters. The van der Waals surface area contributed by atoms with Crippen LogP contribution in [0.4, 0.5) is 0 Å². The second-order valence-electron chi connectivity index (χ2n) is 11.3. The van der Waals surface area contributed by atoms with Crippen molar-refractivity contribution in [2.45, 2.75) is 46.3 Å². The molecular weight excluding hydrogens is 685 g/mol. The summed E-state index contributed by atoms with van der Waals surface area (Å²) in [7, 11) is -1.49. The van der Waals surface area contributed by atoms with Crippen molar-refractivity contribution in [3.8, 4) is 22.5 Å². The van der Waals surface area contributed by atoms with Gasteiger partial charge in [0.15, 0.2) is 0 Å². The van der Waals surface area contributed by atoms with Crippen molar-refractivity contribution in [2.24, 2.45) is 0 Å². The summed E-state index contributed by atoms with van der Waals surface area (Å²) in [5.74, 6) is 0.534. The van der Waals surface area contributed by atoms with Crippen LogP contribution in [-0.4, -0.2) is 18.0 Å². The zero-order valence-electron chi connectivity index (χ0n) is 23.9. The predicted molar refractivity (Wildman–Crippen MR) is 166 cm³/mol. The molecular formula is C35H34IrN2OSi-2. The molecule has 3 aromatic heterocycles. The number of pyridine rings is 2. The van der Waals surface area contributed by atoms with Gasteiger partial charge in [-0.2, -0.15) is 0 Å². The summed E-state index contributed by atoms with van der Waals surface area (Å²) in [6.45, 7) is 13.5. The molecule has 1 radical (unpaired) electrons. The first-order valence-electron chi connectivity index (χ1n) is 13.4. The fraction of sp³-hybridized carbons (Fsp3) is 0.200. The zero-order valence-corrected chi connectivity index (χ0v) is 27.3. The van der Waals surface area contributed by atoms with Gasteiger partial charge in [-0.25, -0.2) is 0 Å². The van der Waals surface area contributed by atoms with Crippen LogP contribution in [0, 0.1) is 19.1 Å². The number of furan rings is 1. The minimum atomic E-state index is -1.49. The first-order valence-corrected chi connectivity index (χ1v) is 16.9. The third-order valence-corrected chi connectivity index (χ3v) is 8.89. The molecule has 0 aliphatic rings. The fourth-order valence-electron chi connectivity index (χ4n) is 4.68. The average Bonchev–Trinajstić information content (AvgIpc) is 3.32. The molecule has 0 N–H and O–H groups in total. The van der Waals surface area contributed by atoms with Gasteiger partial charge in [0, 0.05) is 37.9 Å². The van der Waals surface area contributed by atoms with Gasteiger partial charge in [0.05, 0.1) is 13.7 Å². The Morgan fingerprint density at radius 2 is 1.57 bits per heavy atom. The molecule has 3 heterocycles. The van der Waals surface area contributed by atoms with E-state index in [0.29, 0.717) is 5.92 Å². The summed E-state index contributed by atoms with van der Waals surface area (Å²) in [6.07, 6.45) is 3.79. The minimum absolute atomic E-state index is 0. The van der Waals surface area contributed by atoms with Gasteiger partial charge in [0.25, 0.3) is 0 Å². The fourth-order valence-corrected chi connectivity index (χ4v) is 6.14. The number of rotatable bonds is 4. The largest absolute Gasteiger partial charge is 0.501 e. The maximum atomic E-state index is 6.40. The summed E-state index contributed by atoms with van der Waals surface area (Å²) in [5, 5.41) is 3.69. The molecule has 0 fully saturated rings. The van der Waals surface area contributed by atoms with Crippen LogP contribution in [0.2, 0.25) is 19.6 Å². The van der Waals surface area contributed by atoms with Crippen LogP contribution in [0.3, 0.4) is 0 Å². The molecule has 6 rings (SSSR count). The Kier molecular flexibility index (Phi) is 9.20. The van der Waals surface area contributed by atoms with Crippen LogP contribution in [0.25, 0.3) is 44.5 Å². The van der Waals surface area contributed by atoms with E-state index in [4.69, 9.17) is 4.42 Å². The summed E-state index contributed by atoms with van der Waals surface area (Å²) in [5.41, 5.74) is 8.26. The van der Waals surface area contributed by atoms with Crippen LogP contribution >= 0.6 is 0 Å². The summed E-state index contributed by atoms with van der Waals surface area (Å²) >= 11 is 0. The first-order chi connectivity index (χ1) is 18.7. The third-order valence-electron chi connectivity index (χ3n) is 6.88. The molecule has 0 aliphatic heterocycles. The van der Waals surface area contributed by atoms with Gasteiger partial charge in [0.2, 0.25) is 0 Å². The number of nitrogens with zero attached hydrogens (tertiary/aromatic N) is 2. The maximum Gasteiger partial charge on any atom is 0.120 e. The van der Waals surface area contributed by atoms with Crippen molar-refractivity contribution < 1.29 is 24.5 Å². The van der Waals surface area contributed by atoms with Crippen molar-refractivity contribution in [3.05, 3.63) is 115 Å². The number of para-hydroxylation sites is 1. The zero-order chi connectivity index (χ0) is 27.6. The summed E-state index contributed by atoms with van der Waals surface area (Å²) < 4.78 is 6.40. The number of fused-ring (bicyclic) bond motifs is 3. The molecule has 0 amide bonds. The summed E-state index contributed by atoms with van der Waals surface area (Å²) in [6, 6.07) is 33.3. The molecule has 0 spiro atoms. The van der Waals surface area contributed by atoms with Gasteiger partial charge < -0.3 is 14.4 Å². The van der Waals surface area contributed by atoms with Crippen LogP contribution in [-0.2, 0) is 20.1 Å². The Morgan fingerprint density at radius 1 is 0.775 bits per heavy atom. The molecule has 5 heteroatoms. The Labute approximate surface area is 252 Å². The molecule has 205 valence electrons. The molecule has 0 aliphatic carbocycles. The van der Waals surface area contributed by atoms with Crippen LogP contribution in [0.5, 0.6) is 0 Å². The molecule has 40 heavy (non-hydrogen) atoms. The van der Waals surface area contributed by atoms with E-state index in [1.54, 1.807) is 0 Å². The Bertz CT molecular complexity index is 1720. The standard InChI is InChI=1S/C21H20NOSi.C14H14N.Ir/c1-14-11-12-22-18(13-14)17-9-5-7-15-16-8-6-10-19(24(2,3)4)21(16)23-20(15)17;1-11(2)13-8-9-14(15-10-13)12-6-4-3-5-7-12;/h5-8,10-13H,1-4H3;3-6,8-11H,1-2H3;/q2*-1;. The van der Waals surface area contributed by atoms with E-state index in [9.17, 15) is 0 Å². The van der Waals surface area contributed by atoms with Gasteiger partial charge in [-0.05, 0) is 41.0 Å². The average molecular weight is 719 g/mol. The number of hydrogen-bond donors (Lipinski definition) is 0. The van der Waals surface area contributed by atoms with Crippen LogP contribution in [0.1, 0.15) is 30.9 Å². The Balaban J connectivity index is 0.000000200. The number of aromatic nitrogens is 2. The normalized spacial score (nSPS) is 11.3. The second kappa shape index (κ2) is 12.4. The van der Waals surface area contributed by atoms with E-state index in [2.05, 4.69) is 105 Å². The summed E-state index contributed by atoms with van der Waals surface area (Å²) in [4.78, 5) is 8.96. The van der Waals surface area contributed by atoms with Crippen molar-refractivity contribution in [1.29, 1.82) is 0 Å². The minimum Gasteiger partial charge on any atom is -0.501 e. The van der Waals surface area contributed by atoms with Crippen LogP contribution in [0.15, 0.2) is 95.7 Å². The molecule has 0 saturated carbocycles. The van der Waals surface area contributed by atoms with E-state index in [1.807, 2.05) is 48.8 Å². The number of hydrogen-bond acceptors (Lipinski definition) is 3. The van der Waals surface area contributed by atoms with Crippen molar-refractivity contribution >= 4 is 35.2 Å². The Hall–Kier alpha value is -3.37. The maximum absolute atomic E-state index is 6.40. The molecule has 6 aromatic rings. The molecule has 3 nitrogen and oxygen atoms in total. The monoisotopic (exact) mass is 719 g/mol. The van der Waals surface area contributed by atoms with Crippen LogP contribution < -0.4 is 5.19 Å². The quantitative estimate of drug-likeness (QED) is 0.135. The number of benzene rings is 3. The van der Waals surface area contributed by atoms with Crippen molar-refractivity contribution in [1.82, 2.24) is 9.97 Å². The van der Waals surface area contributed by atoms with E-state index >= 15 is 0 Å². The van der Waals surface area contributed by atoms with Gasteiger partial charge in [-0.15, -0.1) is 54.1 Å². The molecule has 3 aromatic carbocycles. The third kappa shape index (κ3) is 6.33. The van der Waals surface area contributed by atoms with E-state index in [-0.39, 0.29) is 20.1 Å². The van der Waals surface area contributed by atoms with Gasteiger partial charge in [0.1, 0.15) is 5.58 Å². The first kappa shape index (κ1) is 29.6. The Morgan fingerprint density at radius 3 is 2.23 bits per heavy atom. The van der Waals surface area contributed by atoms with Crippen molar-refractivity contribution in [3.63, 3.8) is 0 Å². The van der Waals surface area contributed by atoms with Gasteiger partial charge in [-0.1, -0.05) is 86.4 Å². The van der Waals surface area contributed by atoms with E-state index in [0.717, 1.165) is 39.1 Å². The smallest absolute Gasteiger partial charge is 0.120 e. The molecule has 0 saturated heterocycles. The second-order valence-corrected chi connectivity index (χ2v) is 16.3. The molecule has 0 bridgehead atoms. The van der Waals surface area contributed by atoms with Crippen molar-refractivity contribution in [2.75, 3.05) is 0 Å². The topological polar surface area (TPSA) is 38.9 Å². The van der Waals surface area contributed by atoms with E-state index in [1.165, 1.54) is 21.7 Å². The van der Waals surface area contributed by atoms with E-state index < -0.39 is 8.07 Å².